The highest BCUT2D eigenvalue weighted by Gasteiger charge is 2.31. The number of nitrogens with zero attached hydrogens (tertiary/aromatic N) is 3. The first kappa shape index (κ1) is 16.9. The van der Waals surface area contributed by atoms with Gasteiger partial charge in [-0.3, -0.25) is 9.69 Å². The van der Waals surface area contributed by atoms with E-state index in [0.29, 0.717) is 17.8 Å². The Balaban J connectivity index is 1.69. The molecule has 1 fully saturated rings. The van der Waals surface area contributed by atoms with Gasteiger partial charge in [-0.2, -0.15) is 0 Å². The minimum absolute atomic E-state index is 0.0793. The SMILES string of the molecule is CC[C@@](C)(CNC(=O)c1cnc2onc(C)c2c1)N1CCOCC1. The summed E-state index contributed by atoms with van der Waals surface area (Å²) in [6.45, 7) is 10.0. The van der Waals surface area contributed by atoms with E-state index < -0.39 is 0 Å². The van der Waals surface area contributed by atoms with Gasteiger partial charge >= 0.3 is 0 Å². The summed E-state index contributed by atoms with van der Waals surface area (Å²) in [5, 5.41) is 7.69. The third kappa shape index (κ3) is 3.27. The molecule has 7 nitrogen and oxygen atoms in total. The van der Waals surface area contributed by atoms with Crippen LogP contribution in [0.2, 0.25) is 0 Å². The molecular formula is C17H24N4O3. The molecule has 1 saturated heterocycles. The molecule has 24 heavy (non-hydrogen) atoms. The Morgan fingerprint density at radius 3 is 2.88 bits per heavy atom. The normalized spacial score (nSPS) is 18.5. The molecule has 0 aromatic carbocycles. The molecule has 1 amide bonds. The number of aromatic nitrogens is 2. The highest BCUT2D eigenvalue weighted by molar-refractivity contribution is 5.97. The number of morpholine rings is 1. The molecule has 2 aromatic heterocycles. The second-order valence-electron chi connectivity index (χ2n) is 6.48. The van der Waals surface area contributed by atoms with E-state index in [2.05, 4.69) is 34.2 Å². The number of rotatable bonds is 5. The minimum Gasteiger partial charge on any atom is -0.379 e. The fourth-order valence-electron chi connectivity index (χ4n) is 3.01. The van der Waals surface area contributed by atoms with E-state index in [1.807, 2.05) is 6.92 Å². The number of hydrogen-bond donors (Lipinski definition) is 1. The lowest BCUT2D eigenvalue weighted by molar-refractivity contribution is -0.0169. The molecule has 3 heterocycles. The Morgan fingerprint density at radius 1 is 1.42 bits per heavy atom. The van der Waals surface area contributed by atoms with Crippen LogP contribution in [0.25, 0.3) is 11.1 Å². The smallest absolute Gasteiger partial charge is 0.257 e. The summed E-state index contributed by atoms with van der Waals surface area (Å²) < 4.78 is 10.5. The van der Waals surface area contributed by atoms with E-state index in [9.17, 15) is 4.79 Å². The third-order valence-corrected chi connectivity index (χ3v) is 4.94. The number of carbonyl (C=O) groups is 1. The van der Waals surface area contributed by atoms with Gasteiger partial charge in [0.2, 0.25) is 0 Å². The summed E-state index contributed by atoms with van der Waals surface area (Å²) in [5.41, 5.74) is 1.63. The zero-order valence-corrected chi connectivity index (χ0v) is 14.5. The molecule has 1 aliphatic rings. The van der Waals surface area contributed by atoms with Crippen molar-refractivity contribution in [3.8, 4) is 0 Å². The second-order valence-corrected chi connectivity index (χ2v) is 6.48. The van der Waals surface area contributed by atoms with Crippen molar-refractivity contribution in [2.45, 2.75) is 32.7 Å². The highest BCUT2D eigenvalue weighted by atomic mass is 16.5. The number of hydrogen-bond acceptors (Lipinski definition) is 6. The molecule has 2 aromatic rings. The first-order valence-corrected chi connectivity index (χ1v) is 8.36. The zero-order valence-electron chi connectivity index (χ0n) is 14.5. The molecule has 1 N–H and O–H groups in total. The van der Waals surface area contributed by atoms with Crippen LogP contribution < -0.4 is 5.32 Å². The van der Waals surface area contributed by atoms with E-state index in [0.717, 1.165) is 43.8 Å². The first-order chi connectivity index (χ1) is 11.5. The summed E-state index contributed by atoms with van der Waals surface area (Å²) in [6.07, 6.45) is 2.48. The number of amides is 1. The molecule has 1 atom stereocenters. The molecule has 0 aliphatic carbocycles. The van der Waals surface area contributed by atoms with Crippen LogP contribution in [-0.2, 0) is 4.74 Å². The van der Waals surface area contributed by atoms with Gasteiger partial charge < -0.3 is 14.6 Å². The fourth-order valence-corrected chi connectivity index (χ4v) is 3.01. The van der Waals surface area contributed by atoms with Crippen molar-refractivity contribution in [2.24, 2.45) is 0 Å². The van der Waals surface area contributed by atoms with Crippen LogP contribution in [0.5, 0.6) is 0 Å². The third-order valence-electron chi connectivity index (χ3n) is 4.94. The van der Waals surface area contributed by atoms with Gasteiger partial charge in [-0.1, -0.05) is 12.1 Å². The van der Waals surface area contributed by atoms with Crippen LogP contribution in [0.1, 0.15) is 36.3 Å². The average molecular weight is 332 g/mol. The topological polar surface area (TPSA) is 80.5 Å². The summed E-state index contributed by atoms with van der Waals surface area (Å²) in [5.74, 6) is -0.127. The lowest BCUT2D eigenvalue weighted by Gasteiger charge is -2.43. The number of ether oxygens (including phenoxy) is 1. The molecule has 130 valence electrons. The largest absolute Gasteiger partial charge is 0.379 e. The molecule has 1 aliphatic heterocycles. The van der Waals surface area contributed by atoms with E-state index in [1.165, 1.54) is 6.20 Å². The van der Waals surface area contributed by atoms with Crippen molar-refractivity contribution in [1.82, 2.24) is 20.4 Å². The predicted octanol–water partition coefficient (Wildman–Crippen LogP) is 1.76. The fraction of sp³-hybridized carbons (Fsp3) is 0.588. The van der Waals surface area contributed by atoms with Crippen molar-refractivity contribution < 1.29 is 14.1 Å². The Kier molecular flexibility index (Phi) is 4.82. The molecule has 3 rings (SSSR count). The molecule has 0 bridgehead atoms. The average Bonchev–Trinajstić information content (AvgIpc) is 3.00. The standard InChI is InChI=1S/C17H24N4O3/c1-4-17(3,21-5-7-23-8-6-21)11-19-15(22)13-9-14-12(2)20-24-16(14)18-10-13/h9-10H,4-8,11H2,1-3H3,(H,19,22)/t17-/m0/s1. The van der Waals surface area contributed by atoms with E-state index >= 15 is 0 Å². The summed E-state index contributed by atoms with van der Waals surface area (Å²) in [7, 11) is 0. The van der Waals surface area contributed by atoms with Crippen molar-refractivity contribution in [1.29, 1.82) is 0 Å². The van der Waals surface area contributed by atoms with Crippen LogP contribution in [0.3, 0.4) is 0 Å². The summed E-state index contributed by atoms with van der Waals surface area (Å²) >= 11 is 0. The quantitative estimate of drug-likeness (QED) is 0.899. The Hall–Kier alpha value is -1.99. The van der Waals surface area contributed by atoms with E-state index in [4.69, 9.17) is 9.26 Å². The van der Waals surface area contributed by atoms with Crippen molar-refractivity contribution in [3.05, 3.63) is 23.5 Å². The van der Waals surface area contributed by atoms with Crippen LogP contribution in [0, 0.1) is 6.92 Å². The Morgan fingerprint density at radius 2 is 2.17 bits per heavy atom. The van der Waals surface area contributed by atoms with Gasteiger partial charge in [0.25, 0.3) is 11.6 Å². The highest BCUT2D eigenvalue weighted by Crippen LogP contribution is 2.21. The number of pyridine rings is 1. The summed E-state index contributed by atoms with van der Waals surface area (Å²) in [6, 6.07) is 1.78. The van der Waals surface area contributed by atoms with Crippen molar-refractivity contribution in [2.75, 3.05) is 32.8 Å². The maximum absolute atomic E-state index is 12.5. The van der Waals surface area contributed by atoms with Gasteiger partial charge in [-0.05, 0) is 26.3 Å². The number of nitrogens with one attached hydrogen (secondary N) is 1. The molecule has 7 heteroatoms. The van der Waals surface area contributed by atoms with Gasteiger partial charge in [0.05, 0.1) is 29.9 Å². The molecular weight excluding hydrogens is 308 g/mol. The number of fused-ring (bicyclic) bond motifs is 1. The van der Waals surface area contributed by atoms with E-state index in [1.54, 1.807) is 6.07 Å². The van der Waals surface area contributed by atoms with Gasteiger partial charge in [0.1, 0.15) is 0 Å². The monoisotopic (exact) mass is 332 g/mol. The maximum atomic E-state index is 12.5. The number of carbonyl (C=O) groups excluding carboxylic acids is 1. The van der Waals surface area contributed by atoms with Crippen LogP contribution in [0.15, 0.2) is 16.8 Å². The molecule has 0 unspecified atom stereocenters. The van der Waals surface area contributed by atoms with Gasteiger partial charge in [-0.15, -0.1) is 0 Å². The van der Waals surface area contributed by atoms with Crippen LogP contribution >= 0.6 is 0 Å². The second kappa shape index (κ2) is 6.86. The van der Waals surface area contributed by atoms with Gasteiger partial charge in [0.15, 0.2) is 0 Å². The van der Waals surface area contributed by atoms with Gasteiger partial charge in [0, 0.05) is 31.4 Å². The first-order valence-electron chi connectivity index (χ1n) is 8.36. The molecule has 0 radical (unpaired) electrons. The zero-order chi connectivity index (χ0) is 17.2. The molecule has 0 saturated carbocycles. The lowest BCUT2D eigenvalue weighted by Crippen LogP contribution is -2.56. The Labute approximate surface area is 141 Å². The van der Waals surface area contributed by atoms with Crippen LogP contribution in [-0.4, -0.2) is 59.3 Å². The maximum Gasteiger partial charge on any atom is 0.257 e. The van der Waals surface area contributed by atoms with E-state index in [-0.39, 0.29) is 11.4 Å². The lowest BCUT2D eigenvalue weighted by atomic mass is 9.95. The predicted molar refractivity (Wildman–Crippen MR) is 90.0 cm³/mol. The Bertz CT molecular complexity index is 724. The minimum atomic E-state index is -0.127. The van der Waals surface area contributed by atoms with Crippen LogP contribution in [0.4, 0.5) is 0 Å². The molecule has 0 spiro atoms. The van der Waals surface area contributed by atoms with Crippen molar-refractivity contribution in [3.63, 3.8) is 0 Å². The summed E-state index contributed by atoms with van der Waals surface area (Å²) in [4.78, 5) is 19.1. The van der Waals surface area contributed by atoms with Crippen molar-refractivity contribution >= 4 is 17.0 Å². The van der Waals surface area contributed by atoms with Gasteiger partial charge in [-0.25, -0.2) is 4.98 Å². The number of aryl methyl sites for hydroxylation is 1.